The van der Waals surface area contributed by atoms with Crippen LogP contribution in [0.5, 0.6) is 0 Å². The fourth-order valence-electron chi connectivity index (χ4n) is 2.20. The lowest BCUT2D eigenvalue weighted by atomic mass is 10.3. The summed E-state index contributed by atoms with van der Waals surface area (Å²) >= 11 is 6.06. The molecule has 0 aromatic carbocycles. The molecule has 1 fully saturated rings. The van der Waals surface area contributed by atoms with Crippen molar-refractivity contribution < 1.29 is 0 Å². The minimum atomic E-state index is 0.345. The Morgan fingerprint density at radius 2 is 2.05 bits per heavy atom. The van der Waals surface area contributed by atoms with Crippen LogP contribution in [0.2, 0.25) is 5.15 Å². The van der Waals surface area contributed by atoms with Crippen LogP contribution in [0.1, 0.15) is 45.4 Å². The van der Waals surface area contributed by atoms with E-state index in [1.807, 2.05) is 6.07 Å². The number of halogens is 1. The lowest BCUT2D eigenvalue weighted by Gasteiger charge is -2.23. The van der Waals surface area contributed by atoms with Gasteiger partial charge in [-0.2, -0.15) is 0 Å². The molecular formula is C14H23ClN4. The molecule has 106 valence electrons. The zero-order valence-corrected chi connectivity index (χ0v) is 12.7. The number of hydrogen-bond acceptors (Lipinski definition) is 4. The number of aromatic nitrogens is 2. The molecule has 0 amide bonds. The van der Waals surface area contributed by atoms with Gasteiger partial charge in [-0.15, -0.1) is 0 Å². The van der Waals surface area contributed by atoms with Crippen LogP contribution in [0, 0.1) is 0 Å². The Hall–Kier alpha value is -0.870. The van der Waals surface area contributed by atoms with Crippen LogP contribution >= 0.6 is 11.6 Å². The van der Waals surface area contributed by atoms with E-state index in [9.17, 15) is 0 Å². The van der Waals surface area contributed by atoms with Crippen LogP contribution in [0.4, 0.5) is 5.82 Å². The van der Waals surface area contributed by atoms with E-state index < -0.39 is 0 Å². The Labute approximate surface area is 120 Å². The number of hydrogen-bond donors (Lipinski definition) is 1. The van der Waals surface area contributed by atoms with E-state index >= 15 is 0 Å². The molecule has 0 aliphatic heterocycles. The number of anilines is 1. The van der Waals surface area contributed by atoms with Crippen LogP contribution in [0.25, 0.3) is 0 Å². The lowest BCUT2D eigenvalue weighted by Crippen LogP contribution is -2.35. The summed E-state index contributed by atoms with van der Waals surface area (Å²) in [6.07, 6.45) is 2.38. The molecule has 1 heterocycles. The Kier molecular flexibility index (Phi) is 4.99. The first-order valence-electron chi connectivity index (χ1n) is 7.15. The van der Waals surface area contributed by atoms with Crippen LogP contribution in [-0.4, -0.2) is 40.5 Å². The molecule has 1 atom stereocenters. The van der Waals surface area contributed by atoms with Gasteiger partial charge in [-0.3, -0.25) is 0 Å². The second-order valence-corrected chi connectivity index (χ2v) is 5.63. The maximum absolute atomic E-state index is 6.06. The number of likely N-dealkylation sites (N-methyl/N-ethyl adjacent to an activating group) is 1. The van der Waals surface area contributed by atoms with Gasteiger partial charge in [-0.05, 0) is 32.9 Å². The molecule has 0 bridgehead atoms. The first kappa shape index (κ1) is 14.5. The summed E-state index contributed by atoms with van der Waals surface area (Å²) in [4.78, 5) is 11.3. The highest BCUT2D eigenvalue weighted by Crippen LogP contribution is 2.38. The molecule has 19 heavy (non-hydrogen) atoms. The zero-order chi connectivity index (χ0) is 13.8. The Balaban J connectivity index is 1.97. The molecule has 1 saturated carbocycles. The molecule has 0 radical (unpaired) electrons. The van der Waals surface area contributed by atoms with Crippen LogP contribution in [0.15, 0.2) is 6.07 Å². The molecule has 1 aliphatic carbocycles. The molecule has 1 N–H and O–H groups in total. The largest absolute Gasteiger partial charge is 0.366 e. The average molecular weight is 283 g/mol. The summed E-state index contributed by atoms with van der Waals surface area (Å²) < 4.78 is 0. The molecule has 1 aromatic rings. The summed E-state index contributed by atoms with van der Waals surface area (Å²) in [7, 11) is 0. The molecule has 5 heteroatoms. The van der Waals surface area contributed by atoms with Gasteiger partial charge in [0, 0.05) is 24.6 Å². The summed E-state index contributed by atoms with van der Waals surface area (Å²) in [5, 5.41) is 3.96. The zero-order valence-electron chi connectivity index (χ0n) is 12.0. The van der Waals surface area contributed by atoms with E-state index in [2.05, 4.69) is 41.0 Å². The van der Waals surface area contributed by atoms with Crippen molar-refractivity contribution in [1.29, 1.82) is 0 Å². The van der Waals surface area contributed by atoms with E-state index in [1.54, 1.807) is 0 Å². The summed E-state index contributed by atoms with van der Waals surface area (Å²) in [6.45, 7) is 9.69. The minimum absolute atomic E-state index is 0.345. The fraction of sp³-hybridized carbons (Fsp3) is 0.714. The molecule has 2 rings (SSSR count). The van der Waals surface area contributed by atoms with Crippen LogP contribution in [0.3, 0.4) is 0 Å². The standard InChI is InChI=1S/C14H23ClN4/c1-4-19(5-2)9-10(3)16-13-8-12(15)17-14(18-13)11-6-7-11/h8,10-11H,4-7,9H2,1-3H3,(H,16,17,18). The van der Waals surface area contributed by atoms with Crippen molar-refractivity contribution in [2.75, 3.05) is 25.0 Å². The van der Waals surface area contributed by atoms with Gasteiger partial charge in [-0.25, -0.2) is 9.97 Å². The molecule has 1 aromatic heterocycles. The average Bonchev–Trinajstić information content (AvgIpc) is 3.19. The van der Waals surface area contributed by atoms with E-state index in [4.69, 9.17) is 11.6 Å². The second-order valence-electron chi connectivity index (χ2n) is 5.24. The molecule has 4 nitrogen and oxygen atoms in total. The highest BCUT2D eigenvalue weighted by molar-refractivity contribution is 6.29. The van der Waals surface area contributed by atoms with E-state index in [0.29, 0.717) is 17.1 Å². The SMILES string of the molecule is CCN(CC)CC(C)Nc1cc(Cl)nc(C2CC2)n1. The third-order valence-electron chi connectivity index (χ3n) is 3.48. The van der Waals surface area contributed by atoms with Gasteiger partial charge in [0.25, 0.3) is 0 Å². The van der Waals surface area contributed by atoms with Gasteiger partial charge >= 0.3 is 0 Å². The van der Waals surface area contributed by atoms with E-state index in [1.165, 1.54) is 12.8 Å². The quantitative estimate of drug-likeness (QED) is 0.780. The van der Waals surface area contributed by atoms with Crippen LogP contribution < -0.4 is 5.32 Å². The van der Waals surface area contributed by atoms with Gasteiger partial charge in [0.15, 0.2) is 0 Å². The normalized spacial score (nSPS) is 16.7. The van der Waals surface area contributed by atoms with E-state index in [-0.39, 0.29) is 0 Å². The predicted molar refractivity (Wildman–Crippen MR) is 79.9 cm³/mol. The topological polar surface area (TPSA) is 41.0 Å². The highest BCUT2D eigenvalue weighted by Gasteiger charge is 2.27. The van der Waals surface area contributed by atoms with Crippen molar-refractivity contribution in [3.8, 4) is 0 Å². The third-order valence-corrected chi connectivity index (χ3v) is 3.67. The smallest absolute Gasteiger partial charge is 0.135 e. The van der Waals surface area contributed by atoms with Gasteiger partial charge < -0.3 is 10.2 Å². The lowest BCUT2D eigenvalue weighted by molar-refractivity contribution is 0.294. The Morgan fingerprint density at radius 3 is 2.63 bits per heavy atom. The summed E-state index contributed by atoms with van der Waals surface area (Å²) in [6, 6.07) is 2.16. The maximum atomic E-state index is 6.06. The molecule has 1 aliphatic rings. The van der Waals surface area contributed by atoms with Crippen molar-refractivity contribution in [3.05, 3.63) is 17.0 Å². The minimum Gasteiger partial charge on any atom is -0.366 e. The number of nitrogens with one attached hydrogen (secondary N) is 1. The first-order valence-corrected chi connectivity index (χ1v) is 7.53. The van der Waals surface area contributed by atoms with E-state index in [0.717, 1.165) is 31.3 Å². The monoisotopic (exact) mass is 282 g/mol. The molecular weight excluding hydrogens is 260 g/mol. The van der Waals surface area contributed by atoms with Crippen molar-refractivity contribution >= 4 is 17.4 Å². The molecule has 1 unspecified atom stereocenters. The molecule has 0 saturated heterocycles. The van der Waals surface area contributed by atoms with Gasteiger partial charge in [-0.1, -0.05) is 25.4 Å². The fourth-order valence-corrected chi connectivity index (χ4v) is 2.39. The van der Waals surface area contributed by atoms with Gasteiger partial charge in [0.2, 0.25) is 0 Å². The van der Waals surface area contributed by atoms with Gasteiger partial charge in [0.05, 0.1) is 0 Å². The van der Waals surface area contributed by atoms with Crippen molar-refractivity contribution in [2.24, 2.45) is 0 Å². The maximum Gasteiger partial charge on any atom is 0.135 e. The summed E-state index contributed by atoms with van der Waals surface area (Å²) in [5.74, 6) is 2.27. The third kappa shape index (κ3) is 4.32. The van der Waals surface area contributed by atoms with Gasteiger partial charge in [0.1, 0.15) is 16.8 Å². The Bertz CT molecular complexity index is 416. The van der Waals surface area contributed by atoms with Crippen molar-refractivity contribution in [2.45, 2.75) is 45.6 Å². The highest BCUT2D eigenvalue weighted by atomic mass is 35.5. The van der Waals surface area contributed by atoms with Crippen LogP contribution in [-0.2, 0) is 0 Å². The predicted octanol–water partition coefficient (Wildman–Crippen LogP) is 3.15. The summed E-state index contributed by atoms with van der Waals surface area (Å²) in [5.41, 5.74) is 0. The second kappa shape index (κ2) is 6.53. The van der Waals surface area contributed by atoms with Crippen molar-refractivity contribution in [3.63, 3.8) is 0 Å². The van der Waals surface area contributed by atoms with Crippen molar-refractivity contribution in [1.82, 2.24) is 14.9 Å². The number of rotatable bonds is 7. The Morgan fingerprint density at radius 1 is 1.37 bits per heavy atom. The number of nitrogens with zero attached hydrogens (tertiary/aromatic N) is 3. The first-order chi connectivity index (χ1) is 9.12. The molecule has 0 spiro atoms.